The fourth-order valence-corrected chi connectivity index (χ4v) is 3.54. The summed E-state index contributed by atoms with van der Waals surface area (Å²) >= 11 is 0. The molecular formula is C23H26N2O4. The number of rotatable bonds is 10. The summed E-state index contributed by atoms with van der Waals surface area (Å²) in [6.07, 6.45) is 4.32. The van der Waals surface area contributed by atoms with Crippen molar-refractivity contribution in [2.75, 3.05) is 20.2 Å². The molecule has 0 atom stereocenters. The Balaban J connectivity index is 1.78. The zero-order chi connectivity index (χ0) is 20.6. The number of fused-ring (bicyclic) bond motifs is 1. The number of hydrogen-bond donors (Lipinski definition) is 2. The number of aromatic amines is 1. The largest absolute Gasteiger partial charge is 0.496 e. The summed E-state index contributed by atoms with van der Waals surface area (Å²) in [4.78, 5) is 26.7. The Labute approximate surface area is 170 Å². The molecule has 0 aliphatic heterocycles. The number of nitrogens with one attached hydrogen (secondary N) is 1. The number of aromatic nitrogens is 1. The lowest BCUT2D eigenvalue weighted by Crippen LogP contribution is -2.32. The Morgan fingerprint density at radius 2 is 2.00 bits per heavy atom. The molecule has 2 aromatic carbocycles. The number of carboxylic acid groups (broad SMARTS) is 1. The van der Waals surface area contributed by atoms with Gasteiger partial charge in [0.2, 0.25) is 0 Å². The van der Waals surface area contributed by atoms with Crippen LogP contribution in [-0.4, -0.2) is 47.6 Å². The molecule has 0 fully saturated rings. The Morgan fingerprint density at radius 3 is 2.76 bits per heavy atom. The van der Waals surface area contributed by atoms with E-state index in [1.807, 2.05) is 36.5 Å². The van der Waals surface area contributed by atoms with Gasteiger partial charge in [-0.3, -0.25) is 0 Å². The van der Waals surface area contributed by atoms with E-state index in [1.54, 1.807) is 7.11 Å². The lowest BCUT2D eigenvalue weighted by atomic mass is 10.00. The molecule has 0 aliphatic rings. The topological polar surface area (TPSA) is 82.6 Å². The summed E-state index contributed by atoms with van der Waals surface area (Å²) in [5.74, 6) is 0.750. The number of para-hydroxylation sites is 1. The molecule has 0 spiro atoms. The molecule has 29 heavy (non-hydrogen) atoms. The maximum absolute atomic E-state index is 11.6. The molecule has 0 bridgehead atoms. The lowest BCUT2D eigenvalue weighted by Gasteiger charge is -2.20. The van der Waals surface area contributed by atoms with E-state index in [2.05, 4.69) is 17.1 Å². The second-order valence-corrected chi connectivity index (χ2v) is 6.96. The van der Waals surface area contributed by atoms with Crippen molar-refractivity contribution in [2.24, 2.45) is 0 Å². The second-order valence-electron chi connectivity index (χ2n) is 6.96. The van der Waals surface area contributed by atoms with E-state index in [9.17, 15) is 14.7 Å². The predicted octanol–water partition coefficient (Wildman–Crippen LogP) is 4.74. The third-order valence-electron chi connectivity index (χ3n) is 5.10. The van der Waals surface area contributed by atoms with E-state index < -0.39 is 6.09 Å². The van der Waals surface area contributed by atoms with Crippen LogP contribution in [0.25, 0.3) is 22.0 Å². The first-order chi connectivity index (χ1) is 14.1. The number of methoxy groups -OCH3 is 1. The minimum absolute atomic E-state index is 0.379. The van der Waals surface area contributed by atoms with Gasteiger partial charge in [0.1, 0.15) is 12.0 Å². The number of carbonyl (C=O) groups is 2. The van der Waals surface area contributed by atoms with Crippen LogP contribution in [0.3, 0.4) is 0 Å². The monoisotopic (exact) mass is 394 g/mol. The van der Waals surface area contributed by atoms with Crippen LogP contribution < -0.4 is 4.74 Å². The Bertz CT molecular complexity index is 980. The van der Waals surface area contributed by atoms with Crippen LogP contribution in [0, 0.1) is 0 Å². The number of H-pyrrole nitrogens is 1. The molecule has 1 heterocycles. The molecule has 0 unspecified atom stereocenters. The first kappa shape index (κ1) is 20.5. The zero-order valence-electron chi connectivity index (χ0n) is 16.6. The fourth-order valence-electron chi connectivity index (χ4n) is 3.54. The van der Waals surface area contributed by atoms with Gasteiger partial charge in [-0.2, -0.15) is 0 Å². The molecular weight excluding hydrogens is 368 g/mol. The molecule has 1 amide bonds. The van der Waals surface area contributed by atoms with Crippen LogP contribution in [0.15, 0.2) is 48.7 Å². The average Bonchev–Trinajstić information content (AvgIpc) is 3.17. The van der Waals surface area contributed by atoms with Crippen LogP contribution >= 0.6 is 0 Å². The zero-order valence-corrected chi connectivity index (χ0v) is 16.6. The Hall–Kier alpha value is -3.28. The fraction of sp³-hybridized carbons (Fsp3) is 0.304. The van der Waals surface area contributed by atoms with Crippen molar-refractivity contribution in [1.82, 2.24) is 9.88 Å². The summed E-state index contributed by atoms with van der Waals surface area (Å²) in [6.45, 7) is 0.803. The minimum atomic E-state index is -0.942. The van der Waals surface area contributed by atoms with Gasteiger partial charge in [-0.15, -0.1) is 0 Å². The summed E-state index contributed by atoms with van der Waals surface area (Å²) < 4.78 is 5.50. The van der Waals surface area contributed by atoms with Crippen molar-refractivity contribution in [3.63, 3.8) is 0 Å². The molecule has 6 nitrogen and oxygen atoms in total. The maximum atomic E-state index is 11.6. The highest BCUT2D eigenvalue weighted by molar-refractivity contribution is 5.95. The third kappa shape index (κ3) is 4.96. The number of aldehydes is 1. The number of hydrogen-bond acceptors (Lipinski definition) is 3. The first-order valence-electron chi connectivity index (χ1n) is 9.79. The first-order valence-corrected chi connectivity index (χ1v) is 9.79. The van der Waals surface area contributed by atoms with Crippen LogP contribution in [0.1, 0.15) is 24.8 Å². The van der Waals surface area contributed by atoms with Gasteiger partial charge >= 0.3 is 6.09 Å². The molecule has 2 N–H and O–H groups in total. The highest BCUT2D eigenvalue weighted by atomic mass is 16.5. The molecule has 0 saturated heterocycles. The van der Waals surface area contributed by atoms with Crippen LogP contribution in [0.4, 0.5) is 4.79 Å². The summed E-state index contributed by atoms with van der Waals surface area (Å²) in [5.41, 5.74) is 4.21. The molecule has 0 saturated carbocycles. The molecule has 0 radical (unpaired) electrons. The second kappa shape index (κ2) is 9.78. The van der Waals surface area contributed by atoms with E-state index in [1.165, 1.54) is 4.90 Å². The van der Waals surface area contributed by atoms with Crippen molar-refractivity contribution in [3.05, 3.63) is 54.2 Å². The van der Waals surface area contributed by atoms with Crippen LogP contribution in [0.2, 0.25) is 0 Å². The van der Waals surface area contributed by atoms with E-state index in [0.717, 1.165) is 39.6 Å². The molecule has 0 aliphatic carbocycles. The Morgan fingerprint density at radius 1 is 1.17 bits per heavy atom. The SMILES string of the molecule is COc1ccc(-c2c[nH]c3ccccc23)cc1CCN(CCCCC=O)C(=O)O. The highest BCUT2D eigenvalue weighted by Crippen LogP contribution is 2.32. The van der Waals surface area contributed by atoms with Gasteiger partial charge in [0.15, 0.2) is 0 Å². The van der Waals surface area contributed by atoms with Crippen molar-refractivity contribution in [2.45, 2.75) is 25.7 Å². The minimum Gasteiger partial charge on any atom is -0.496 e. The van der Waals surface area contributed by atoms with Crippen LogP contribution in [-0.2, 0) is 11.2 Å². The van der Waals surface area contributed by atoms with Gasteiger partial charge in [0.25, 0.3) is 0 Å². The van der Waals surface area contributed by atoms with Gasteiger partial charge in [-0.1, -0.05) is 24.3 Å². The average molecular weight is 394 g/mol. The summed E-state index contributed by atoms with van der Waals surface area (Å²) in [6, 6.07) is 14.2. The van der Waals surface area contributed by atoms with E-state index >= 15 is 0 Å². The number of nitrogens with zero attached hydrogens (tertiary/aromatic N) is 1. The van der Waals surface area contributed by atoms with Crippen LogP contribution in [0.5, 0.6) is 5.75 Å². The third-order valence-corrected chi connectivity index (χ3v) is 5.10. The normalized spacial score (nSPS) is 10.8. The molecule has 6 heteroatoms. The van der Waals surface area contributed by atoms with E-state index in [0.29, 0.717) is 38.8 Å². The smallest absolute Gasteiger partial charge is 0.407 e. The number of benzene rings is 2. The standard InChI is InChI=1S/C23H26N2O4/c1-29-22-10-9-17(20-16-24-21-8-4-3-7-19(20)21)15-18(22)11-13-25(23(27)28)12-5-2-6-14-26/h3-4,7-10,14-16,24H,2,5-6,11-13H2,1H3,(H,27,28). The highest BCUT2D eigenvalue weighted by Gasteiger charge is 2.14. The van der Waals surface area contributed by atoms with Gasteiger partial charge in [0, 0.05) is 42.2 Å². The van der Waals surface area contributed by atoms with Gasteiger partial charge in [-0.05, 0) is 48.6 Å². The van der Waals surface area contributed by atoms with Gasteiger partial charge in [-0.25, -0.2) is 4.79 Å². The number of amides is 1. The Kier molecular flexibility index (Phi) is 6.89. The van der Waals surface area contributed by atoms with Gasteiger partial charge < -0.3 is 24.5 Å². The molecule has 1 aromatic heterocycles. The van der Waals surface area contributed by atoms with E-state index in [4.69, 9.17) is 4.74 Å². The van der Waals surface area contributed by atoms with Gasteiger partial charge in [0.05, 0.1) is 7.11 Å². The van der Waals surface area contributed by atoms with Crippen molar-refractivity contribution < 1.29 is 19.4 Å². The molecule has 152 valence electrons. The summed E-state index contributed by atoms with van der Waals surface area (Å²) in [5, 5.41) is 10.6. The predicted molar refractivity (Wildman–Crippen MR) is 114 cm³/mol. The number of ether oxygens (including phenoxy) is 1. The van der Waals surface area contributed by atoms with Crippen molar-refractivity contribution >= 4 is 23.3 Å². The van der Waals surface area contributed by atoms with E-state index in [-0.39, 0.29) is 0 Å². The van der Waals surface area contributed by atoms with Crippen molar-refractivity contribution in [1.29, 1.82) is 0 Å². The number of unbranched alkanes of at least 4 members (excludes halogenated alkanes) is 2. The maximum Gasteiger partial charge on any atom is 0.407 e. The molecule has 3 aromatic rings. The van der Waals surface area contributed by atoms with Crippen molar-refractivity contribution in [3.8, 4) is 16.9 Å². The lowest BCUT2D eigenvalue weighted by molar-refractivity contribution is -0.107. The quantitative estimate of drug-likeness (QED) is 0.384. The number of carbonyl (C=O) groups excluding carboxylic acids is 1. The molecule has 3 rings (SSSR count). The summed E-state index contributed by atoms with van der Waals surface area (Å²) in [7, 11) is 1.62.